The van der Waals surface area contributed by atoms with Crippen LogP contribution in [-0.4, -0.2) is 18.2 Å². The fraction of sp³-hybridized carbons (Fsp3) is 0.625. The van der Waals surface area contributed by atoms with Gasteiger partial charge in [-0.25, -0.2) is 9.13 Å². The van der Waals surface area contributed by atoms with Gasteiger partial charge in [0.25, 0.3) is 0 Å². The first-order valence-corrected chi connectivity index (χ1v) is 4.05. The Morgan fingerprint density at radius 3 is 3.00 bits per heavy atom. The third-order valence-corrected chi connectivity index (χ3v) is 2.28. The van der Waals surface area contributed by atoms with Gasteiger partial charge in [-0.1, -0.05) is 0 Å². The summed E-state index contributed by atoms with van der Waals surface area (Å²) in [6, 6.07) is 0. The van der Waals surface area contributed by atoms with E-state index in [4.69, 9.17) is 0 Å². The van der Waals surface area contributed by atoms with E-state index in [0.717, 1.165) is 0 Å². The molecular weight excluding hydrogens is 138 g/mol. The van der Waals surface area contributed by atoms with Crippen LogP contribution >= 0.6 is 0 Å². The first-order chi connectivity index (χ1) is 5.29. The molecule has 0 amide bonds. The summed E-state index contributed by atoms with van der Waals surface area (Å²) in [5.74, 6) is 1.32. The lowest BCUT2D eigenvalue weighted by molar-refractivity contribution is -0.687. The van der Waals surface area contributed by atoms with E-state index >= 15 is 0 Å². The number of fused-ring (bicyclic) bond motifs is 1. The van der Waals surface area contributed by atoms with E-state index in [1.54, 1.807) is 0 Å². The zero-order chi connectivity index (χ0) is 7.84. The van der Waals surface area contributed by atoms with Crippen molar-refractivity contribution in [2.45, 2.75) is 13.0 Å². The van der Waals surface area contributed by atoms with Crippen molar-refractivity contribution in [1.82, 2.24) is 4.57 Å². The van der Waals surface area contributed by atoms with Crippen molar-refractivity contribution in [2.24, 2.45) is 7.05 Å². The topological polar surface area (TPSA) is 12.1 Å². The van der Waals surface area contributed by atoms with Crippen LogP contribution in [0.25, 0.3) is 0 Å². The maximum Gasteiger partial charge on any atom is 0.359 e. The van der Waals surface area contributed by atoms with Gasteiger partial charge in [0.15, 0.2) is 0 Å². The summed E-state index contributed by atoms with van der Waals surface area (Å²) in [6.07, 6.45) is 5.51. The SMILES string of the molecule is CN1CCC[n+]2ccn(C)c21. The Kier molecular flexibility index (Phi) is 1.37. The van der Waals surface area contributed by atoms with Gasteiger partial charge in [0, 0.05) is 6.42 Å². The first-order valence-electron chi connectivity index (χ1n) is 4.05. The molecule has 0 aliphatic carbocycles. The van der Waals surface area contributed by atoms with E-state index in [1.807, 2.05) is 0 Å². The monoisotopic (exact) mass is 152 g/mol. The molecule has 11 heavy (non-hydrogen) atoms. The second kappa shape index (κ2) is 2.26. The molecule has 0 saturated heterocycles. The predicted molar refractivity (Wildman–Crippen MR) is 43.5 cm³/mol. The quantitative estimate of drug-likeness (QED) is 0.482. The fourth-order valence-corrected chi connectivity index (χ4v) is 1.76. The summed E-state index contributed by atoms with van der Waals surface area (Å²) in [7, 11) is 4.23. The Bertz CT molecular complexity index is 264. The van der Waals surface area contributed by atoms with Gasteiger partial charge in [0.1, 0.15) is 0 Å². The molecule has 3 nitrogen and oxygen atoms in total. The molecule has 0 N–H and O–H groups in total. The van der Waals surface area contributed by atoms with Crippen molar-refractivity contribution in [2.75, 3.05) is 18.5 Å². The number of hydrogen-bond donors (Lipinski definition) is 0. The van der Waals surface area contributed by atoms with Gasteiger partial charge >= 0.3 is 5.95 Å². The minimum absolute atomic E-state index is 1.17. The zero-order valence-corrected chi connectivity index (χ0v) is 7.12. The molecule has 2 heterocycles. The number of nitrogens with zero attached hydrogens (tertiary/aromatic N) is 3. The summed E-state index contributed by atoms with van der Waals surface area (Å²) in [6.45, 7) is 2.35. The Morgan fingerprint density at radius 1 is 1.45 bits per heavy atom. The van der Waals surface area contributed by atoms with Crippen LogP contribution in [0.2, 0.25) is 0 Å². The molecule has 1 aromatic heterocycles. The summed E-state index contributed by atoms with van der Waals surface area (Å²) in [4.78, 5) is 2.30. The molecule has 0 atom stereocenters. The van der Waals surface area contributed by atoms with Crippen molar-refractivity contribution in [3.05, 3.63) is 12.4 Å². The third kappa shape index (κ3) is 0.914. The molecule has 0 unspecified atom stereocenters. The first kappa shape index (κ1) is 6.70. The molecular formula is C8H14N3+. The van der Waals surface area contributed by atoms with Gasteiger partial charge in [0.2, 0.25) is 0 Å². The summed E-state index contributed by atoms with van der Waals surface area (Å²) in [5.41, 5.74) is 0. The molecule has 1 aliphatic rings. The lowest BCUT2D eigenvalue weighted by atomic mass is 10.3. The number of rotatable bonds is 0. The maximum atomic E-state index is 2.30. The minimum atomic E-state index is 1.17. The van der Waals surface area contributed by atoms with Crippen molar-refractivity contribution in [3.63, 3.8) is 0 Å². The number of anilines is 1. The standard InChI is InChI=1S/C8H14N3/c1-9-4-3-5-11-7-6-10(2)8(9)11/h6-7H,3-5H2,1-2H3/q+1. The lowest BCUT2D eigenvalue weighted by Gasteiger charge is -2.18. The summed E-state index contributed by atoms with van der Waals surface area (Å²) in [5, 5.41) is 0. The van der Waals surface area contributed by atoms with E-state index in [1.165, 1.54) is 25.5 Å². The average molecular weight is 152 g/mol. The van der Waals surface area contributed by atoms with Crippen molar-refractivity contribution >= 4 is 5.95 Å². The van der Waals surface area contributed by atoms with Crippen LogP contribution in [0.5, 0.6) is 0 Å². The highest BCUT2D eigenvalue weighted by molar-refractivity contribution is 5.23. The summed E-state index contributed by atoms with van der Waals surface area (Å²) < 4.78 is 4.46. The Balaban J connectivity index is 2.48. The van der Waals surface area contributed by atoms with Crippen LogP contribution in [0.1, 0.15) is 6.42 Å². The van der Waals surface area contributed by atoms with E-state index in [-0.39, 0.29) is 0 Å². The number of hydrogen-bond acceptors (Lipinski definition) is 1. The Morgan fingerprint density at radius 2 is 2.27 bits per heavy atom. The van der Waals surface area contributed by atoms with Crippen molar-refractivity contribution < 1.29 is 4.57 Å². The third-order valence-electron chi connectivity index (χ3n) is 2.28. The van der Waals surface area contributed by atoms with Crippen molar-refractivity contribution in [3.8, 4) is 0 Å². The predicted octanol–water partition coefficient (Wildman–Crippen LogP) is 0.152. The van der Waals surface area contributed by atoms with E-state index < -0.39 is 0 Å². The second-order valence-electron chi connectivity index (χ2n) is 3.18. The van der Waals surface area contributed by atoms with Gasteiger partial charge in [-0.05, 0) is 0 Å². The average Bonchev–Trinajstić information content (AvgIpc) is 2.34. The number of imidazole rings is 1. The normalized spacial score (nSPS) is 16.7. The highest BCUT2D eigenvalue weighted by Crippen LogP contribution is 2.10. The highest BCUT2D eigenvalue weighted by Gasteiger charge is 2.22. The smallest absolute Gasteiger partial charge is 0.267 e. The Hall–Kier alpha value is -0.990. The molecule has 0 radical (unpaired) electrons. The van der Waals surface area contributed by atoms with Crippen LogP contribution < -0.4 is 9.47 Å². The van der Waals surface area contributed by atoms with E-state index in [9.17, 15) is 0 Å². The number of aromatic nitrogens is 2. The number of aryl methyl sites for hydroxylation is 2. The van der Waals surface area contributed by atoms with Crippen LogP contribution in [0.4, 0.5) is 5.95 Å². The van der Waals surface area contributed by atoms with Crippen LogP contribution in [0.15, 0.2) is 12.4 Å². The highest BCUT2D eigenvalue weighted by atomic mass is 15.3. The van der Waals surface area contributed by atoms with Gasteiger partial charge in [0.05, 0.1) is 39.6 Å². The van der Waals surface area contributed by atoms with Gasteiger partial charge in [-0.2, -0.15) is 0 Å². The molecule has 3 heteroatoms. The van der Waals surface area contributed by atoms with Gasteiger partial charge < -0.3 is 0 Å². The van der Waals surface area contributed by atoms with E-state index in [2.05, 4.69) is 40.5 Å². The molecule has 1 aromatic rings. The fourth-order valence-electron chi connectivity index (χ4n) is 1.76. The molecule has 60 valence electrons. The van der Waals surface area contributed by atoms with Gasteiger partial charge in [-0.15, -0.1) is 0 Å². The summed E-state index contributed by atoms with van der Waals surface area (Å²) >= 11 is 0. The largest absolute Gasteiger partial charge is 0.359 e. The van der Waals surface area contributed by atoms with E-state index in [0.29, 0.717) is 0 Å². The molecule has 2 rings (SSSR count). The van der Waals surface area contributed by atoms with Crippen LogP contribution in [-0.2, 0) is 13.6 Å². The van der Waals surface area contributed by atoms with Gasteiger partial charge in [-0.3, -0.25) is 4.90 Å². The zero-order valence-electron chi connectivity index (χ0n) is 7.12. The molecule has 0 saturated carbocycles. The second-order valence-corrected chi connectivity index (χ2v) is 3.18. The molecule has 0 bridgehead atoms. The minimum Gasteiger partial charge on any atom is -0.267 e. The molecule has 0 fully saturated rings. The molecule has 0 aromatic carbocycles. The lowest BCUT2D eigenvalue weighted by Crippen LogP contribution is -2.45. The van der Waals surface area contributed by atoms with Crippen LogP contribution in [0.3, 0.4) is 0 Å². The van der Waals surface area contributed by atoms with Crippen LogP contribution in [0, 0.1) is 0 Å². The molecule has 0 spiro atoms. The molecule has 1 aliphatic heterocycles. The van der Waals surface area contributed by atoms with Crippen molar-refractivity contribution in [1.29, 1.82) is 0 Å². The Labute approximate surface area is 66.9 Å². The maximum absolute atomic E-state index is 2.30.